The van der Waals surface area contributed by atoms with Crippen molar-refractivity contribution in [3.8, 4) is 0 Å². The van der Waals surface area contributed by atoms with Gasteiger partial charge < -0.3 is 15.2 Å². The molecule has 0 aliphatic rings. The number of carbonyl (C=O) groups is 1. The third-order valence-electron chi connectivity index (χ3n) is 0.728. The highest BCUT2D eigenvalue weighted by atomic mass is 16.5. The molecule has 0 bridgehead atoms. The smallest absolute Gasteiger partial charge is 0.407 e. The number of hydrogen-bond donors (Lipinski definition) is 2. The van der Waals surface area contributed by atoms with E-state index in [1.807, 2.05) is 0 Å². The number of rotatable bonds is 2. The lowest BCUT2D eigenvalue weighted by Crippen LogP contribution is -2.34. The first-order valence-corrected chi connectivity index (χ1v) is 2.49. The van der Waals surface area contributed by atoms with E-state index in [0.29, 0.717) is 0 Å². The van der Waals surface area contributed by atoms with Crippen molar-refractivity contribution in [2.45, 2.75) is 6.04 Å². The average Bonchev–Trinajstić information content (AvgIpc) is 1.87. The van der Waals surface area contributed by atoms with Crippen molar-refractivity contribution >= 4 is 6.09 Å². The highest BCUT2D eigenvalue weighted by molar-refractivity contribution is 5.67. The Labute approximate surface area is 53.8 Å². The van der Waals surface area contributed by atoms with E-state index in [9.17, 15) is 4.79 Å². The first-order valence-electron chi connectivity index (χ1n) is 2.49. The van der Waals surface area contributed by atoms with Gasteiger partial charge in [0.15, 0.2) is 0 Å². The molecule has 0 aromatic rings. The zero-order valence-corrected chi connectivity index (χ0v) is 5.26. The summed E-state index contributed by atoms with van der Waals surface area (Å²) in [5.74, 6) is 0. The Balaban J connectivity index is 3.34. The number of aliphatic hydroxyl groups excluding tert-OH is 1. The molecule has 1 amide bonds. The molecule has 2 N–H and O–H groups in total. The molecular weight excluding hydrogens is 122 g/mol. The number of nitrogens with one attached hydrogen (secondary N) is 1. The zero-order valence-electron chi connectivity index (χ0n) is 5.26. The van der Waals surface area contributed by atoms with Gasteiger partial charge in [-0.05, 0) is 6.92 Å². The maximum absolute atomic E-state index is 10.3. The standard InChI is InChI=1S/C5H10NO3/c1-4(3-7)6-5(8)9-2/h4,7H,1,3H2,2H3,(H,6,8). The summed E-state index contributed by atoms with van der Waals surface area (Å²) in [5, 5.41) is 10.6. The summed E-state index contributed by atoms with van der Waals surface area (Å²) in [5.41, 5.74) is 0. The Bertz CT molecular complexity index is 94.2. The Morgan fingerprint density at radius 3 is 2.89 bits per heavy atom. The fourth-order valence-corrected chi connectivity index (χ4v) is 0.271. The minimum absolute atomic E-state index is 0.185. The predicted octanol–water partition coefficient (Wildman–Crippen LogP) is -0.463. The minimum atomic E-state index is -0.580. The number of methoxy groups -OCH3 is 1. The number of carbonyl (C=O) groups excluding carboxylic acids is 1. The molecule has 0 saturated heterocycles. The van der Waals surface area contributed by atoms with Crippen LogP contribution in [0.15, 0.2) is 0 Å². The molecular formula is C5H10NO3. The van der Waals surface area contributed by atoms with E-state index in [4.69, 9.17) is 5.11 Å². The highest BCUT2D eigenvalue weighted by Crippen LogP contribution is 1.78. The van der Waals surface area contributed by atoms with Crippen LogP contribution in [-0.2, 0) is 4.74 Å². The van der Waals surface area contributed by atoms with Crippen LogP contribution in [0.3, 0.4) is 0 Å². The van der Waals surface area contributed by atoms with Crippen LogP contribution in [0, 0.1) is 6.92 Å². The molecule has 1 radical (unpaired) electrons. The molecule has 0 aliphatic carbocycles. The van der Waals surface area contributed by atoms with Crippen LogP contribution < -0.4 is 5.32 Å². The van der Waals surface area contributed by atoms with Crippen LogP contribution in [-0.4, -0.2) is 31.0 Å². The summed E-state index contributed by atoms with van der Waals surface area (Å²) >= 11 is 0. The quantitative estimate of drug-likeness (QED) is 0.534. The van der Waals surface area contributed by atoms with Crippen molar-refractivity contribution in [2.75, 3.05) is 13.7 Å². The van der Waals surface area contributed by atoms with Crippen LogP contribution in [0.5, 0.6) is 0 Å². The predicted molar refractivity (Wildman–Crippen MR) is 31.8 cm³/mol. The largest absolute Gasteiger partial charge is 0.453 e. The van der Waals surface area contributed by atoms with Gasteiger partial charge in [-0.2, -0.15) is 0 Å². The van der Waals surface area contributed by atoms with E-state index >= 15 is 0 Å². The molecule has 0 saturated carbocycles. The molecule has 53 valence electrons. The lowest BCUT2D eigenvalue weighted by atomic mass is 10.4. The fraction of sp³-hybridized carbons (Fsp3) is 0.600. The second-order valence-electron chi connectivity index (χ2n) is 1.52. The topological polar surface area (TPSA) is 58.6 Å². The molecule has 0 aromatic carbocycles. The first kappa shape index (κ1) is 8.23. The van der Waals surface area contributed by atoms with Gasteiger partial charge in [0.25, 0.3) is 0 Å². The first-order chi connectivity index (χ1) is 4.20. The molecule has 0 rings (SSSR count). The summed E-state index contributed by atoms with van der Waals surface area (Å²) in [6.45, 7) is 3.20. The Morgan fingerprint density at radius 2 is 2.56 bits per heavy atom. The molecule has 1 atom stereocenters. The number of hydrogen-bond acceptors (Lipinski definition) is 3. The Hall–Kier alpha value is -0.770. The summed E-state index contributed by atoms with van der Waals surface area (Å²) in [6.07, 6.45) is -0.580. The number of alkyl carbamates (subject to hydrolysis) is 1. The lowest BCUT2D eigenvalue weighted by Gasteiger charge is -2.07. The van der Waals surface area contributed by atoms with E-state index < -0.39 is 12.1 Å². The van der Waals surface area contributed by atoms with Crippen molar-refractivity contribution in [2.24, 2.45) is 0 Å². The monoisotopic (exact) mass is 132 g/mol. The minimum Gasteiger partial charge on any atom is -0.453 e. The van der Waals surface area contributed by atoms with Gasteiger partial charge in [-0.1, -0.05) is 0 Å². The van der Waals surface area contributed by atoms with Crippen LogP contribution >= 0.6 is 0 Å². The van der Waals surface area contributed by atoms with E-state index in [1.165, 1.54) is 7.11 Å². The maximum atomic E-state index is 10.3. The molecule has 1 unspecified atom stereocenters. The van der Waals surface area contributed by atoms with Gasteiger partial charge in [-0.15, -0.1) is 0 Å². The maximum Gasteiger partial charge on any atom is 0.407 e. The summed E-state index contributed by atoms with van der Waals surface area (Å²) in [7, 11) is 1.25. The molecule has 0 spiro atoms. The van der Waals surface area contributed by atoms with Crippen molar-refractivity contribution in [3.63, 3.8) is 0 Å². The van der Waals surface area contributed by atoms with E-state index in [1.54, 1.807) is 0 Å². The van der Waals surface area contributed by atoms with Crippen molar-refractivity contribution in [1.82, 2.24) is 5.32 Å². The number of amides is 1. The van der Waals surface area contributed by atoms with Gasteiger partial charge in [0.1, 0.15) is 0 Å². The summed E-state index contributed by atoms with van der Waals surface area (Å²) < 4.78 is 4.22. The van der Waals surface area contributed by atoms with E-state index in [0.717, 1.165) is 0 Å². The molecule has 4 nitrogen and oxygen atoms in total. The normalized spacial score (nSPS) is 12.3. The van der Waals surface area contributed by atoms with Gasteiger partial charge in [0.2, 0.25) is 0 Å². The molecule has 0 heterocycles. The third kappa shape index (κ3) is 3.78. The number of ether oxygens (including phenoxy) is 1. The molecule has 9 heavy (non-hydrogen) atoms. The van der Waals surface area contributed by atoms with E-state index in [-0.39, 0.29) is 6.61 Å². The van der Waals surface area contributed by atoms with Gasteiger partial charge in [0.05, 0.1) is 19.8 Å². The number of aliphatic hydroxyl groups is 1. The molecule has 0 aromatic heterocycles. The van der Waals surface area contributed by atoms with Gasteiger partial charge in [0, 0.05) is 0 Å². The van der Waals surface area contributed by atoms with Crippen LogP contribution in [0.4, 0.5) is 4.79 Å². The third-order valence-corrected chi connectivity index (χ3v) is 0.728. The van der Waals surface area contributed by atoms with Gasteiger partial charge in [-0.25, -0.2) is 4.79 Å². The summed E-state index contributed by atoms with van der Waals surface area (Å²) in [4.78, 5) is 10.3. The van der Waals surface area contributed by atoms with Crippen molar-refractivity contribution in [3.05, 3.63) is 6.92 Å². The molecule has 0 aliphatic heterocycles. The molecule has 0 fully saturated rings. The van der Waals surface area contributed by atoms with Crippen LogP contribution in [0.2, 0.25) is 0 Å². The van der Waals surface area contributed by atoms with Gasteiger partial charge >= 0.3 is 6.09 Å². The van der Waals surface area contributed by atoms with Crippen LogP contribution in [0.1, 0.15) is 0 Å². The second kappa shape index (κ2) is 4.14. The van der Waals surface area contributed by atoms with Gasteiger partial charge in [-0.3, -0.25) is 0 Å². The Morgan fingerprint density at radius 1 is 2.00 bits per heavy atom. The summed E-state index contributed by atoms with van der Waals surface area (Å²) in [6, 6.07) is -0.488. The fourth-order valence-electron chi connectivity index (χ4n) is 0.271. The SMILES string of the molecule is [CH2]C(CO)NC(=O)OC. The zero-order chi connectivity index (χ0) is 7.28. The second-order valence-corrected chi connectivity index (χ2v) is 1.52. The van der Waals surface area contributed by atoms with E-state index in [2.05, 4.69) is 17.0 Å². The molecule has 4 heteroatoms. The van der Waals surface area contributed by atoms with Crippen molar-refractivity contribution < 1.29 is 14.6 Å². The highest BCUT2D eigenvalue weighted by Gasteiger charge is 2.03. The van der Waals surface area contributed by atoms with Crippen LogP contribution in [0.25, 0.3) is 0 Å². The Kier molecular flexibility index (Phi) is 3.79. The lowest BCUT2D eigenvalue weighted by molar-refractivity contribution is 0.162. The average molecular weight is 132 g/mol. The van der Waals surface area contributed by atoms with Crippen molar-refractivity contribution in [1.29, 1.82) is 0 Å².